The normalized spacial score (nSPS) is 10.3. The molecule has 0 spiro atoms. The van der Waals surface area contributed by atoms with Gasteiger partial charge in [-0.25, -0.2) is 0 Å². The molecule has 0 fully saturated rings. The fourth-order valence-electron chi connectivity index (χ4n) is 2.82. The monoisotopic (exact) mass is 414 g/mol. The second kappa shape index (κ2) is 9.54. The van der Waals surface area contributed by atoms with Crippen LogP contribution in [0.15, 0.2) is 77.3 Å². The van der Waals surface area contributed by atoms with Crippen LogP contribution in [-0.4, -0.2) is 14.2 Å². The number of methoxy groups -OCH3 is 2. The fourth-order valence-corrected chi connectivity index (χ4v) is 3.26. The lowest BCUT2D eigenvalue weighted by molar-refractivity contribution is 0.284. The molecule has 0 bridgehead atoms. The first-order valence-corrected chi connectivity index (χ1v) is 9.43. The van der Waals surface area contributed by atoms with Gasteiger partial charge in [0.15, 0.2) is 11.5 Å². The number of hydrogen-bond acceptors (Lipinski definition) is 3. The highest BCUT2D eigenvalue weighted by Gasteiger charge is 2.14. The van der Waals surface area contributed by atoms with Gasteiger partial charge >= 0.3 is 0 Å². The van der Waals surface area contributed by atoms with E-state index in [1.54, 1.807) is 14.2 Å². The number of ether oxygens (including phenoxy) is 3. The topological polar surface area (TPSA) is 27.7 Å². The Kier molecular flexibility index (Phi) is 6.85. The Balaban J connectivity index is 1.89. The van der Waals surface area contributed by atoms with E-state index in [1.807, 2.05) is 72.8 Å². The van der Waals surface area contributed by atoms with Crippen LogP contribution in [-0.2, 0) is 6.61 Å². The van der Waals surface area contributed by atoms with Gasteiger partial charge in [-0.2, -0.15) is 0 Å². The molecule has 0 atom stereocenters. The number of benzene rings is 3. The fraction of sp³-hybridized carbons (Fsp3) is 0.130. The van der Waals surface area contributed by atoms with Gasteiger partial charge < -0.3 is 14.2 Å². The molecule has 144 valence electrons. The summed E-state index contributed by atoms with van der Waals surface area (Å²) in [5.74, 6) is 2.01. The van der Waals surface area contributed by atoms with Crippen LogP contribution in [0.3, 0.4) is 0 Å². The molecule has 0 unspecified atom stereocenters. The van der Waals surface area contributed by atoms with Crippen molar-refractivity contribution in [3.8, 4) is 17.2 Å². The molecule has 0 aromatic heterocycles. The zero-order chi connectivity index (χ0) is 19.9. The van der Waals surface area contributed by atoms with Crippen molar-refractivity contribution in [2.45, 2.75) is 6.61 Å². The summed E-state index contributed by atoms with van der Waals surface area (Å²) in [4.78, 5) is 0. The molecule has 28 heavy (non-hydrogen) atoms. The zero-order valence-corrected chi connectivity index (χ0v) is 17.1. The summed E-state index contributed by atoms with van der Waals surface area (Å²) in [6.45, 7) is 0.452. The first-order valence-electron chi connectivity index (χ1n) is 8.67. The molecule has 5 heteroatoms. The standard InChI is InChI=1S/C23H20Cl2O3/c1-26-19-11-8-17(9-12-19)22(23(24)25)18-10-13-20(21(14-18)27-2)28-15-16-6-4-3-5-7-16/h3-14H,15H2,1-2H3. The Hall–Kier alpha value is -2.62. The molecule has 0 aliphatic carbocycles. The van der Waals surface area contributed by atoms with Crippen molar-refractivity contribution in [3.05, 3.63) is 94.0 Å². The Labute approximate surface area is 175 Å². The van der Waals surface area contributed by atoms with E-state index in [1.165, 1.54) is 0 Å². The molecule has 0 aliphatic rings. The lowest BCUT2D eigenvalue weighted by atomic mass is 9.99. The number of halogens is 2. The average molecular weight is 415 g/mol. The molecule has 3 aromatic rings. The van der Waals surface area contributed by atoms with Gasteiger partial charge in [-0.15, -0.1) is 0 Å². The summed E-state index contributed by atoms with van der Waals surface area (Å²) in [5.41, 5.74) is 3.49. The van der Waals surface area contributed by atoms with E-state index in [9.17, 15) is 0 Å². The predicted octanol–water partition coefficient (Wildman–Crippen LogP) is 6.48. The predicted molar refractivity (Wildman–Crippen MR) is 114 cm³/mol. The van der Waals surface area contributed by atoms with Gasteiger partial charge in [0.05, 0.1) is 14.2 Å². The van der Waals surface area contributed by atoms with Crippen LogP contribution in [0.1, 0.15) is 16.7 Å². The summed E-state index contributed by atoms with van der Waals surface area (Å²) in [6.07, 6.45) is 0. The molecule has 0 N–H and O–H groups in total. The zero-order valence-electron chi connectivity index (χ0n) is 15.6. The summed E-state index contributed by atoms with van der Waals surface area (Å²) in [6, 6.07) is 23.1. The van der Waals surface area contributed by atoms with Gasteiger partial charge in [-0.05, 0) is 41.0 Å². The SMILES string of the molecule is COc1ccc(C(=C(Cl)Cl)c2ccc(OCc3ccccc3)c(OC)c2)cc1. The molecule has 3 aromatic carbocycles. The van der Waals surface area contributed by atoms with E-state index in [0.29, 0.717) is 23.7 Å². The molecule has 0 aliphatic heterocycles. The highest BCUT2D eigenvalue weighted by molar-refractivity contribution is 6.59. The van der Waals surface area contributed by atoms with Crippen LogP contribution in [0, 0.1) is 0 Å². The van der Waals surface area contributed by atoms with Crippen LogP contribution in [0.2, 0.25) is 0 Å². The summed E-state index contributed by atoms with van der Waals surface area (Å²) in [7, 11) is 3.23. The molecule has 0 saturated heterocycles. The van der Waals surface area contributed by atoms with Crippen LogP contribution in [0.5, 0.6) is 17.2 Å². The third kappa shape index (κ3) is 4.80. The Morgan fingerprint density at radius 1 is 0.750 bits per heavy atom. The van der Waals surface area contributed by atoms with Crippen molar-refractivity contribution in [1.82, 2.24) is 0 Å². The maximum absolute atomic E-state index is 6.20. The summed E-state index contributed by atoms with van der Waals surface area (Å²) < 4.78 is 16.8. The Morgan fingerprint density at radius 3 is 2.04 bits per heavy atom. The van der Waals surface area contributed by atoms with Crippen LogP contribution in [0.4, 0.5) is 0 Å². The molecule has 0 radical (unpaired) electrons. The number of hydrogen-bond donors (Lipinski definition) is 0. The van der Waals surface area contributed by atoms with E-state index < -0.39 is 0 Å². The maximum Gasteiger partial charge on any atom is 0.161 e. The van der Waals surface area contributed by atoms with Crippen molar-refractivity contribution in [2.75, 3.05) is 14.2 Å². The second-order valence-electron chi connectivity index (χ2n) is 6.00. The van der Waals surface area contributed by atoms with Gasteiger partial charge in [0.1, 0.15) is 16.8 Å². The van der Waals surface area contributed by atoms with E-state index in [4.69, 9.17) is 37.4 Å². The van der Waals surface area contributed by atoms with Gasteiger partial charge in [-0.3, -0.25) is 0 Å². The van der Waals surface area contributed by atoms with Gasteiger partial charge in [-0.1, -0.05) is 71.7 Å². The molecule has 3 nitrogen and oxygen atoms in total. The van der Waals surface area contributed by atoms with Crippen molar-refractivity contribution in [3.63, 3.8) is 0 Å². The first-order chi connectivity index (χ1) is 13.6. The summed E-state index contributed by atoms with van der Waals surface area (Å²) >= 11 is 12.4. The minimum atomic E-state index is 0.171. The Morgan fingerprint density at radius 2 is 1.43 bits per heavy atom. The molecule has 3 rings (SSSR count). The highest BCUT2D eigenvalue weighted by Crippen LogP contribution is 2.37. The van der Waals surface area contributed by atoms with E-state index >= 15 is 0 Å². The molecular weight excluding hydrogens is 395 g/mol. The first kappa shape index (κ1) is 20.1. The third-order valence-electron chi connectivity index (χ3n) is 4.26. The quantitative estimate of drug-likeness (QED) is 0.442. The lowest BCUT2D eigenvalue weighted by Crippen LogP contribution is -1.99. The Bertz CT molecular complexity index is 947. The van der Waals surface area contributed by atoms with E-state index in [-0.39, 0.29) is 4.49 Å². The van der Waals surface area contributed by atoms with Crippen molar-refractivity contribution in [2.24, 2.45) is 0 Å². The molecular formula is C23H20Cl2O3. The van der Waals surface area contributed by atoms with Crippen LogP contribution in [0.25, 0.3) is 5.57 Å². The highest BCUT2D eigenvalue weighted by atomic mass is 35.5. The van der Waals surface area contributed by atoms with Gasteiger partial charge in [0.25, 0.3) is 0 Å². The lowest BCUT2D eigenvalue weighted by Gasteiger charge is -2.15. The minimum absolute atomic E-state index is 0.171. The molecule has 0 saturated carbocycles. The van der Waals surface area contributed by atoms with Crippen LogP contribution < -0.4 is 14.2 Å². The van der Waals surface area contributed by atoms with E-state index in [2.05, 4.69) is 0 Å². The number of rotatable bonds is 7. The average Bonchev–Trinajstić information content (AvgIpc) is 2.73. The third-order valence-corrected chi connectivity index (χ3v) is 4.64. The maximum atomic E-state index is 6.20. The molecule has 0 amide bonds. The summed E-state index contributed by atoms with van der Waals surface area (Å²) in [5, 5.41) is 0. The van der Waals surface area contributed by atoms with E-state index in [0.717, 1.165) is 22.4 Å². The van der Waals surface area contributed by atoms with Crippen molar-refractivity contribution >= 4 is 28.8 Å². The van der Waals surface area contributed by atoms with Gasteiger partial charge in [0, 0.05) is 5.57 Å². The van der Waals surface area contributed by atoms with Crippen molar-refractivity contribution in [1.29, 1.82) is 0 Å². The largest absolute Gasteiger partial charge is 0.497 e. The minimum Gasteiger partial charge on any atom is -0.497 e. The second-order valence-corrected chi connectivity index (χ2v) is 6.95. The van der Waals surface area contributed by atoms with Gasteiger partial charge in [0.2, 0.25) is 0 Å². The van der Waals surface area contributed by atoms with Crippen LogP contribution >= 0.6 is 23.2 Å². The molecule has 0 heterocycles. The van der Waals surface area contributed by atoms with Crippen molar-refractivity contribution < 1.29 is 14.2 Å². The smallest absolute Gasteiger partial charge is 0.161 e.